The molecule has 2 N–H and O–H groups in total. The van der Waals surface area contributed by atoms with Crippen LogP contribution in [0, 0.1) is 11.3 Å². The molecule has 2 aliphatic rings. The van der Waals surface area contributed by atoms with Crippen LogP contribution in [0.5, 0.6) is 0 Å². The first kappa shape index (κ1) is 16.3. The van der Waals surface area contributed by atoms with Crippen LogP contribution in [0.15, 0.2) is 0 Å². The molecule has 5 heteroatoms. The van der Waals surface area contributed by atoms with Crippen molar-refractivity contribution in [3.8, 4) is 0 Å². The van der Waals surface area contributed by atoms with Crippen molar-refractivity contribution in [2.45, 2.75) is 64.3 Å². The van der Waals surface area contributed by atoms with Crippen LogP contribution in [0.4, 0.5) is 0 Å². The zero-order chi connectivity index (χ0) is 15.5. The van der Waals surface area contributed by atoms with E-state index in [2.05, 4.69) is 19.2 Å². The molecule has 2 fully saturated rings. The summed E-state index contributed by atoms with van der Waals surface area (Å²) in [5.74, 6) is -0.532. The molecule has 0 aromatic heterocycles. The van der Waals surface area contributed by atoms with Gasteiger partial charge in [0.05, 0.1) is 18.6 Å². The first-order valence-corrected chi connectivity index (χ1v) is 7.94. The van der Waals surface area contributed by atoms with Gasteiger partial charge in [-0.25, -0.2) is 0 Å². The maximum absolute atomic E-state index is 12.4. The predicted octanol–water partition coefficient (Wildman–Crippen LogP) is 2.34. The van der Waals surface area contributed by atoms with Crippen molar-refractivity contribution in [3.05, 3.63) is 0 Å². The normalized spacial score (nSPS) is 31.8. The van der Waals surface area contributed by atoms with Crippen molar-refractivity contribution < 1.29 is 19.4 Å². The molecule has 0 aromatic rings. The molecule has 21 heavy (non-hydrogen) atoms. The lowest BCUT2D eigenvalue weighted by atomic mass is 9.67. The van der Waals surface area contributed by atoms with E-state index in [1.165, 1.54) is 12.8 Å². The van der Waals surface area contributed by atoms with Gasteiger partial charge in [-0.05, 0) is 30.6 Å². The molecule has 1 aliphatic heterocycles. The van der Waals surface area contributed by atoms with Crippen molar-refractivity contribution >= 4 is 11.9 Å². The number of hydrogen-bond acceptors (Lipinski definition) is 3. The number of amides is 1. The second kappa shape index (κ2) is 6.34. The molecule has 2 rings (SSSR count). The molecule has 0 radical (unpaired) electrons. The monoisotopic (exact) mass is 297 g/mol. The zero-order valence-electron chi connectivity index (χ0n) is 13.1. The highest BCUT2D eigenvalue weighted by atomic mass is 16.5. The van der Waals surface area contributed by atoms with Gasteiger partial charge in [0.15, 0.2) is 0 Å². The lowest BCUT2D eigenvalue weighted by Gasteiger charge is -2.39. The van der Waals surface area contributed by atoms with Crippen LogP contribution < -0.4 is 5.32 Å². The summed E-state index contributed by atoms with van der Waals surface area (Å²) in [5.41, 5.74) is -0.510. The van der Waals surface area contributed by atoms with E-state index in [1.54, 1.807) is 0 Å². The third-order valence-electron chi connectivity index (χ3n) is 5.16. The van der Waals surface area contributed by atoms with Crippen LogP contribution in [0.3, 0.4) is 0 Å². The van der Waals surface area contributed by atoms with Crippen LogP contribution in [0.2, 0.25) is 0 Å². The molecule has 1 heterocycles. The molecular weight excluding hydrogens is 270 g/mol. The van der Waals surface area contributed by atoms with Crippen molar-refractivity contribution in [3.63, 3.8) is 0 Å². The summed E-state index contributed by atoms with van der Waals surface area (Å²) >= 11 is 0. The van der Waals surface area contributed by atoms with Gasteiger partial charge in [-0.15, -0.1) is 0 Å². The fourth-order valence-electron chi connectivity index (χ4n) is 3.69. The number of hydrogen-bond donors (Lipinski definition) is 2. The number of aliphatic carboxylic acids is 1. The number of carboxylic acids is 1. The van der Waals surface area contributed by atoms with E-state index in [-0.39, 0.29) is 17.7 Å². The van der Waals surface area contributed by atoms with E-state index < -0.39 is 11.5 Å². The highest BCUT2D eigenvalue weighted by molar-refractivity contribution is 5.78. The van der Waals surface area contributed by atoms with Crippen molar-refractivity contribution in [2.75, 3.05) is 13.2 Å². The van der Waals surface area contributed by atoms with Gasteiger partial charge < -0.3 is 15.2 Å². The largest absolute Gasteiger partial charge is 0.481 e. The summed E-state index contributed by atoms with van der Waals surface area (Å²) in [6.07, 6.45) is 5.68. The highest BCUT2D eigenvalue weighted by Gasteiger charge is 2.40. The Morgan fingerprint density at radius 2 is 2.05 bits per heavy atom. The number of nitrogens with one attached hydrogen (secondary N) is 1. The molecule has 1 amide bonds. The standard InChI is InChI=1S/C16H27NO4/c1-15(2)6-4-3-5-12(15)9-13(18)17-16(10-14(19)20)7-8-21-11-16/h12H,3-11H2,1-2H3,(H,17,18)(H,19,20). The van der Waals surface area contributed by atoms with Crippen molar-refractivity contribution in [1.29, 1.82) is 0 Å². The maximum Gasteiger partial charge on any atom is 0.305 e. The fraction of sp³-hybridized carbons (Fsp3) is 0.875. The molecule has 2 atom stereocenters. The smallest absolute Gasteiger partial charge is 0.305 e. The number of carbonyl (C=O) groups excluding carboxylic acids is 1. The molecule has 120 valence electrons. The number of carboxylic acid groups (broad SMARTS) is 1. The average molecular weight is 297 g/mol. The van der Waals surface area contributed by atoms with Gasteiger partial charge in [0.1, 0.15) is 0 Å². The van der Waals surface area contributed by atoms with Crippen LogP contribution in [-0.2, 0) is 14.3 Å². The Hall–Kier alpha value is -1.10. The van der Waals surface area contributed by atoms with E-state index in [4.69, 9.17) is 9.84 Å². The second-order valence-corrected chi connectivity index (χ2v) is 7.34. The van der Waals surface area contributed by atoms with Gasteiger partial charge in [-0.1, -0.05) is 26.7 Å². The molecule has 0 spiro atoms. The van der Waals surface area contributed by atoms with E-state index >= 15 is 0 Å². The maximum atomic E-state index is 12.4. The zero-order valence-corrected chi connectivity index (χ0v) is 13.1. The molecule has 0 aromatic carbocycles. The topological polar surface area (TPSA) is 75.6 Å². The fourth-order valence-corrected chi connectivity index (χ4v) is 3.69. The Labute approximate surface area is 126 Å². The minimum Gasteiger partial charge on any atom is -0.481 e. The first-order chi connectivity index (χ1) is 9.83. The number of rotatable bonds is 5. The van der Waals surface area contributed by atoms with Gasteiger partial charge >= 0.3 is 5.97 Å². The molecule has 2 unspecified atom stereocenters. The third-order valence-corrected chi connectivity index (χ3v) is 5.16. The molecule has 1 aliphatic carbocycles. The summed E-state index contributed by atoms with van der Waals surface area (Å²) in [7, 11) is 0. The quantitative estimate of drug-likeness (QED) is 0.816. The highest BCUT2D eigenvalue weighted by Crippen LogP contribution is 2.42. The summed E-state index contributed by atoms with van der Waals surface area (Å²) in [6.45, 7) is 5.28. The minimum absolute atomic E-state index is 0.0262. The SMILES string of the molecule is CC1(C)CCCCC1CC(=O)NC1(CC(=O)O)CCOC1. The molecule has 1 saturated heterocycles. The van der Waals surface area contributed by atoms with Gasteiger partial charge in [-0.2, -0.15) is 0 Å². The van der Waals surface area contributed by atoms with Crippen LogP contribution in [-0.4, -0.2) is 35.7 Å². The summed E-state index contributed by atoms with van der Waals surface area (Å²) in [5, 5.41) is 12.0. The van der Waals surface area contributed by atoms with Gasteiger partial charge in [-0.3, -0.25) is 9.59 Å². The van der Waals surface area contributed by atoms with Crippen molar-refractivity contribution in [2.24, 2.45) is 11.3 Å². The average Bonchev–Trinajstić information content (AvgIpc) is 2.79. The predicted molar refractivity (Wildman–Crippen MR) is 78.9 cm³/mol. The van der Waals surface area contributed by atoms with Gasteiger partial charge in [0.2, 0.25) is 5.91 Å². The summed E-state index contributed by atoms with van der Waals surface area (Å²) in [6, 6.07) is 0. The number of ether oxygens (including phenoxy) is 1. The van der Waals surface area contributed by atoms with E-state index in [1.807, 2.05) is 0 Å². The Kier molecular flexibility index (Phi) is 4.91. The lowest BCUT2D eigenvalue weighted by Crippen LogP contribution is -2.51. The van der Waals surface area contributed by atoms with Crippen molar-refractivity contribution in [1.82, 2.24) is 5.32 Å². The summed E-state index contributed by atoms with van der Waals surface area (Å²) in [4.78, 5) is 23.4. The summed E-state index contributed by atoms with van der Waals surface area (Å²) < 4.78 is 5.32. The lowest BCUT2D eigenvalue weighted by molar-refractivity contribution is -0.139. The van der Waals surface area contributed by atoms with Gasteiger partial charge in [0, 0.05) is 13.0 Å². The van der Waals surface area contributed by atoms with E-state index in [0.29, 0.717) is 32.0 Å². The van der Waals surface area contributed by atoms with Crippen LogP contribution in [0.1, 0.15) is 58.8 Å². The Morgan fingerprint density at radius 3 is 2.62 bits per heavy atom. The third kappa shape index (κ3) is 4.19. The minimum atomic E-state index is -0.890. The molecule has 0 bridgehead atoms. The Morgan fingerprint density at radius 1 is 1.29 bits per heavy atom. The molecule has 5 nitrogen and oxygen atoms in total. The molecule has 1 saturated carbocycles. The number of carbonyl (C=O) groups is 2. The van der Waals surface area contributed by atoms with Crippen LogP contribution >= 0.6 is 0 Å². The molecular formula is C16H27NO4. The van der Waals surface area contributed by atoms with E-state index in [9.17, 15) is 9.59 Å². The second-order valence-electron chi connectivity index (χ2n) is 7.34. The van der Waals surface area contributed by atoms with Gasteiger partial charge in [0.25, 0.3) is 0 Å². The Balaban J connectivity index is 1.94. The van der Waals surface area contributed by atoms with E-state index in [0.717, 1.165) is 12.8 Å². The van der Waals surface area contributed by atoms with Crippen LogP contribution in [0.25, 0.3) is 0 Å². The first-order valence-electron chi connectivity index (χ1n) is 7.94. The Bertz CT molecular complexity index is 399.